The monoisotopic (exact) mass is 182 g/mol. The van der Waals surface area contributed by atoms with Crippen LogP contribution in [0.5, 0.6) is 0 Å². The van der Waals surface area contributed by atoms with Crippen molar-refractivity contribution in [1.29, 1.82) is 5.41 Å². The first-order valence-corrected chi connectivity index (χ1v) is 4.65. The zero-order chi connectivity index (χ0) is 9.71. The van der Waals surface area contributed by atoms with Gasteiger partial charge in [0.1, 0.15) is 0 Å². The fourth-order valence-electron chi connectivity index (χ4n) is 2.22. The Hall–Kier alpha value is -1.83. The van der Waals surface area contributed by atoms with Crippen molar-refractivity contribution in [3.63, 3.8) is 0 Å². The van der Waals surface area contributed by atoms with E-state index >= 15 is 0 Å². The molecule has 2 aromatic rings. The second kappa shape index (κ2) is 2.35. The van der Waals surface area contributed by atoms with Gasteiger partial charge in [0.05, 0.1) is 0 Å². The van der Waals surface area contributed by atoms with Crippen molar-refractivity contribution in [3.05, 3.63) is 41.5 Å². The van der Waals surface area contributed by atoms with Gasteiger partial charge in [-0.05, 0) is 22.4 Å². The highest BCUT2D eigenvalue weighted by Gasteiger charge is 2.20. The standard InChI is InChI=1S/C12H10N2/c13-9-5-4-7-2-1-3-8-6-10(14)12(9)11(7)8/h1-5,14H,6,13H2. The first-order valence-electron chi connectivity index (χ1n) is 4.65. The van der Waals surface area contributed by atoms with E-state index in [1.165, 1.54) is 16.3 Å². The van der Waals surface area contributed by atoms with Gasteiger partial charge in [0.15, 0.2) is 0 Å². The fraction of sp³-hybridized carbons (Fsp3) is 0.0833. The van der Waals surface area contributed by atoms with Crippen molar-refractivity contribution < 1.29 is 0 Å². The molecule has 0 amide bonds. The van der Waals surface area contributed by atoms with Crippen molar-refractivity contribution >= 4 is 22.2 Å². The van der Waals surface area contributed by atoms with Crippen LogP contribution in [0.3, 0.4) is 0 Å². The Morgan fingerprint density at radius 3 is 2.86 bits per heavy atom. The first-order chi connectivity index (χ1) is 6.77. The number of anilines is 1. The van der Waals surface area contributed by atoms with Gasteiger partial charge >= 0.3 is 0 Å². The first kappa shape index (κ1) is 7.56. The van der Waals surface area contributed by atoms with Crippen LogP contribution in [0, 0.1) is 5.41 Å². The molecule has 0 saturated carbocycles. The molecule has 2 nitrogen and oxygen atoms in total. The van der Waals surface area contributed by atoms with E-state index in [9.17, 15) is 0 Å². The predicted octanol–water partition coefficient (Wildman–Crippen LogP) is 2.35. The summed E-state index contributed by atoms with van der Waals surface area (Å²) in [5.41, 5.74) is 9.43. The van der Waals surface area contributed by atoms with E-state index in [1.54, 1.807) is 0 Å². The normalized spacial score (nSPS) is 13.9. The molecule has 0 bridgehead atoms. The van der Waals surface area contributed by atoms with Crippen LogP contribution in [-0.4, -0.2) is 5.71 Å². The lowest BCUT2D eigenvalue weighted by molar-refractivity contribution is 1.35. The molecule has 0 saturated heterocycles. The largest absolute Gasteiger partial charge is 0.398 e. The van der Waals surface area contributed by atoms with E-state index in [2.05, 4.69) is 12.1 Å². The number of rotatable bonds is 0. The minimum atomic E-state index is 0.648. The van der Waals surface area contributed by atoms with E-state index in [-0.39, 0.29) is 0 Å². The van der Waals surface area contributed by atoms with Gasteiger partial charge in [-0.25, -0.2) is 0 Å². The summed E-state index contributed by atoms with van der Waals surface area (Å²) in [6.45, 7) is 0. The average Bonchev–Trinajstić information content (AvgIpc) is 2.51. The molecule has 3 rings (SSSR count). The summed E-state index contributed by atoms with van der Waals surface area (Å²) in [7, 11) is 0. The van der Waals surface area contributed by atoms with Crippen molar-refractivity contribution in [2.45, 2.75) is 6.42 Å². The van der Waals surface area contributed by atoms with Crippen molar-refractivity contribution in [2.24, 2.45) is 0 Å². The van der Waals surface area contributed by atoms with Crippen LogP contribution in [0.2, 0.25) is 0 Å². The highest BCUT2D eigenvalue weighted by Crippen LogP contribution is 2.33. The zero-order valence-corrected chi connectivity index (χ0v) is 7.67. The second-order valence-corrected chi connectivity index (χ2v) is 3.70. The van der Waals surface area contributed by atoms with Gasteiger partial charge in [-0.15, -0.1) is 0 Å². The molecule has 0 radical (unpaired) electrons. The molecule has 1 aliphatic carbocycles. The van der Waals surface area contributed by atoms with Crippen molar-refractivity contribution in [1.82, 2.24) is 0 Å². The summed E-state index contributed by atoms with van der Waals surface area (Å²) in [6, 6.07) is 10.1. The van der Waals surface area contributed by atoms with Crippen LogP contribution < -0.4 is 5.73 Å². The second-order valence-electron chi connectivity index (χ2n) is 3.70. The number of hydrogen-bond acceptors (Lipinski definition) is 2. The smallest absolute Gasteiger partial charge is 0.0457 e. The highest BCUT2D eigenvalue weighted by molar-refractivity contribution is 6.20. The minimum Gasteiger partial charge on any atom is -0.398 e. The molecule has 14 heavy (non-hydrogen) atoms. The summed E-state index contributed by atoms with van der Waals surface area (Å²) < 4.78 is 0. The number of nitrogen functional groups attached to an aromatic ring is 1. The maximum absolute atomic E-state index is 7.88. The topological polar surface area (TPSA) is 49.9 Å². The summed E-state index contributed by atoms with van der Waals surface area (Å²) >= 11 is 0. The summed E-state index contributed by atoms with van der Waals surface area (Å²) in [5.74, 6) is 0. The molecule has 3 N–H and O–H groups in total. The highest BCUT2D eigenvalue weighted by atomic mass is 14.6. The van der Waals surface area contributed by atoms with Crippen LogP contribution in [0.1, 0.15) is 11.1 Å². The maximum atomic E-state index is 7.88. The molecule has 0 aromatic heterocycles. The fourth-order valence-corrected chi connectivity index (χ4v) is 2.22. The molecule has 0 heterocycles. The molecule has 0 spiro atoms. The van der Waals surface area contributed by atoms with Gasteiger partial charge in [0.25, 0.3) is 0 Å². The van der Waals surface area contributed by atoms with Gasteiger partial charge in [-0.1, -0.05) is 24.3 Å². The molecule has 0 unspecified atom stereocenters. The van der Waals surface area contributed by atoms with Gasteiger partial charge in [-0.2, -0.15) is 0 Å². The molecular weight excluding hydrogens is 172 g/mol. The number of nitrogens with two attached hydrogens (primary N) is 1. The van der Waals surface area contributed by atoms with Crippen LogP contribution in [-0.2, 0) is 6.42 Å². The van der Waals surface area contributed by atoms with E-state index in [0.717, 1.165) is 17.7 Å². The molecule has 0 aliphatic heterocycles. The lowest BCUT2D eigenvalue weighted by Crippen LogP contribution is -1.99. The molecular formula is C12H10N2. The average molecular weight is 182 g/mol. The number of benzene rings is 2. The van der Waals surface area contributed by atoms with Crippen LogP contribution >= 0.6 is 0 Å². The van der Waals surface area contributed by atoms with Gasteiger partial charge < -0.3 is 11.1 Å². The Kier molecular flexibility index (Phi) is 1.27. The predicted molar refractivity (Wildman–Crippen MR) is 58.9 cm³/mol. The third kappa shape index (κ3) is 0.777. The minimum absolute atomic E-state index is 0.648. The third-order valence-electron chi connectivity index (χ3n) is 2.83. The van der Waals surface area contributed by atoms with Gasteiger partial charge in [0, 0.05) is 23.4 Å². The lowest BCUT2D eigenvalue weighted by Gasteiger charge is -2.03. The Labute approximate surface area is 81.9 Å². The van der Waals surface area contributed by atoms with E-state index in [1.807, 2.05) is 18.2 Å². The number of hydrogen-bond donors (Lipinski definition) is 2. The summed E-state index contributed by atoms with van der Waals surface area (Å²) in [6.07, 6.45) is 0.723. The van der Waals surface area contributed by atoms with Crippen LogP contribution in [0.15, 0.2) is 30.3 Å². The van der Waals surface area contributed by atoms with Crippen molar-refractivity contribution in [3.8, 4) is 0 Å². The molecule has 1 aliphatic rings. The molecule has 0 atom stereocenters. The van der Waals surface area contributed by atoms with Crippen molar-refractivity contribution in [2.75, 3.05) is 5.73 Å². The molecule has 0 fully saturated rings. The molecule has 68 valence electrons. The van der Waals surface area contributed by atoms with Crippen LogP contribution in [0.4, 0.5) is 5.69 Å². The lowest BCUT2D eigenvalue weighted by atomic mass is 10.0. The van der Waals surface area contributed by atoms with Gasteiger partial charge in [-0.3, -0.25) is 0 Å². The Morgan fingerprint density at radius 2 is 2.00 bits per heavy atom. The molecule has 2 aromatic carbocycles. The SMILES string of the molecule is N=C1Cc2cccc3ccc(N)c1c23. The summed E-state index contributed by atoms with van der Waals surface area (Å²) in [5, 5.41) is 10.2. The Morgan fingerprint density at radius 1 is 1.14 bits per heavy atom. The third-order valence-corrected chi connectivity index (χ3v) is 2.83. The quantitative estimate of drug-likeness (QED) is 0.604. The maximum Gasteiger partial charge on any atom is 0.0457 e. The Balaban J connectivity index is 2.59. The van der Waals surface area contributed by atoms with E-state index in [4.69, 9.17) is 11.1 Å². The summed E-state index contributed by atoms with van der Waals surface area (Å²) in [4.78, 5) is 0. The van der Waals surface area contributed by atoms with Gasteiger partial charge in [0.2, 0.25) is 0 Å². The number of nitrogens with one attached hydrogen (secondary N) is 1. The zero-order valence-electron chi connectivity index (χ0n) is 7.67. The van der Waals surface area contributed by atoms with E-state index in [0.29, 0.717) is 5.71 Å². The Bertz CT molecular complexity index is 555. The van der Waals surface area contributed by atoms with E-state index < -0.39 is 0 Å². The van der Waals surface area contributed by atoms with Crippen LogP contribution in [0.25, 0.3) is 10.8 Å². The molecule has 2 heteroatoms.